The van der Waals surface area contributed by atoms with Crippen LogP contribution in [0.1, 0.15) is 23.3 Å². The van der Waals surface area contributed by atoms with E-state index in [0.29, 0.717) is 11.9 Å². The number of hydrogen-bond donors (Lipinski definition) is 1. The molecule has 0 saturated carbocycles. The third-order valence-corrected chi connectivity index (χ3v) is 5.13. The first-order valence-electron chi connectivity index (χ1n) is 8.47. The SMILES string of the molecule is Cc1onc(NC(=O)N2CCCN3c4ccccc4C[C@@H]3C2)c1C. The molecule has 0 unspecified atom stereocenters. The summed E-state index contributed by atoms with van der Waals surface area (Å²) in [5.41, 5.74) is 3.59. The highest BCUT2D eigenvalue weighted by atomic mass is 16.5. The number of benzene rings is 1. The molecule has 1 aromatic heterocycles. The molecule has 0 aliphatic carbocycles. The maximum atomic E-state index is 12.7. The largest absolute Gasteiger partial charge is 0.366 e. The van der Waals surface area contributed by atoms with E-state index in [0.717, 1.165) is 43.8 Å². The van der Waals surface area contributed by atoms with Gasteiger partial charge in [0.2, 0.25) is 0 Å². The van der Waals surface area contributed by atoms with E-state index in [-0.39, 0.29) is 6.03 Å². The second-order valence-electron chi connectivity index (χ2n) is 6.62. The number of nitrogens with zero attached hydrogens (tertiary/aromatic N) is 3. The van der Waals surface area contributed by atoms with E-state index in [1.54, 1.807) is 0 Å². The summed E-state index contributed by atoms with van der Waals surface area (Å²) in [7, 11) is 0. The predicted octanol–water partition coefficient (Wildman–Crippen LogP) is 2.96. The average molecular weight is 326 g/mol. The Morgan fingerprint density at radius 1 is 1.29 bits per heavy atom. The number of fused-ring (bicyclic) bond motifs is 3. The van der Waals surface area contributed by atoms with Gasteiger partial charge in [0, 0.05) is 30.9 Å². The first kappa shape index (κ1) is 15.1. The molecule has 0 spiro atoms. The number of carbonyl (C=O) groups is 1. The van der Waals surface area contributed by atoms with Gasteiger partial charge >= 0.3 is 6.03 Å². The van der Waals surface area contributed by atoms with Crippen molar-refractivity contribution in [1.29, 1.82) is 0 Å². The Balaban J connectivity index is 1.48. The number of carbonyl (C=O) groups excluding carboxylic acids is 1. The van der Waals surface area contributed by atoms with Crippen LogP contribution in [-0.2, 0) is 6.42 Å². The number of hydrogen-bond acceptors (Lipinski definition) is 4. The fourth-order valence-electron chi connectivity index (χ4n) is 3.67. The number of anilines is 2. The molecule has 1 aromatic carbocycles. The normalized spacial score (nSPS) is 19.7. The highest BCUT2D eigenvalue weighted by Gasteiger charge is 2.33. The van der Waals surface area contributed by atoms with Gasteiger partial charge in [-0.1, -0.05) is 23.4 Å². The Morgan fingerprint density at radius 3 is 2.92 bits per heavy atom. The molecule has 126 valence electrons. The van der Waals surface area contributed by atoms with Crippen molar-refractivity contribution in [3.8, 4) is 0 Å². The monoisotopic (exact) mass is 326 g/mol. The van der Waals surface area contributed by atoms with Crippen LogP contribution in [-0.4, -0.2) is 41.8 Å². The number of nitrogens with one attached hydrogen (secondary N) is 1. The minimum absolute atomic E-state index is 0.0933. The predicted molar refractivity (Wildman–Crippen MR) is 92.5 cm³/mol. The maximum Gasteiger partial charge on any atom is 0.323 e. The van der Waals surface area contributed by atoms with Crippen molar-refractivity contribution in [3.63, 3.8) is 0 Å². The van der Waals surface area contributed by atoms with E-state index in [4.69, 9.17) is 4.52 Å². The highest BCUT2D eigenvalue weighted by Crippen LogP contribution is 2.33. The number of aryl methyl sites for hydroxylation is 1. The van der Waals surface area contributed by atoms with Gasteiger partial charge in [-0.3, -0.25) is 5.32 Å². The van der Waals surface area contributed by atoms with Crippen LogP contribution in [0.25, 0.3) is 0 Å². The lowest BCUT2D eigenvalue weighted by atomic mass is 10.1. The van der Waals surface area contributed by atoms with Crippen LogP contribution in [0.15, 0.2) is 28.8 Å². The molecule has 2 amide bonds. The maximum absolute atomic E-state index is 12.7. The lowest BCUT2D eigenvalue weighted by Gasteiger charge is -2.27. The van der Waals surface area contributed by atoms with Gasteiger partial charge in [0.25, 0.3) is 0 Å². The second-order valence-corrected chi connectivity index (χ2v) is 6.62. The van der Waals surface area contributed by atoms with Gasteiger partial charge in [-0.05, 0) is 38.3 Å². The molecule has 3 heterocycles. The van der Waals surface area contributed by atoms with Crippen LogP contribution < -0.4 is 10.2 Å². The first-order chi connectivity index (χ1) is 11.6. The highest BCUT2D eigenvalue weighted by molar-refractivity contribution is 5.89. The molecule has 2 aromatic rings. The average Bonchev–Trinajstić information content (AvgIpc) is 2.99. The van der Waals surface area contributed by atoms with Crippen molar-refractivity contribution in [2.45, 2.75) is 32.7 Å². The standard InChI is InChI=1S/C18H22N4O2/c1-12-13(2)24-20-17(12)19-18(23)21-8-5-9-22-15(11-21)10-14-6-3-4-7-16(14)22/h3-4,6-7,15H,5,8-11H2,1-2H3,(H,19,20,23)/t15-/m1/s1. The molecule has 2 aliphatic heterocycles. The van der Waals surface area contributed by atoms with E-state index >= 15 is 0 Å². The summed E-state index contributed by atoms with van der Waals surface area (Å²) in [4.78, 5) is 17.0. The van der Waals surface area contributed by atoms with Gasteiger partial charge in [-0.15, -0.1) is 0 Å². The van der Waals surface area contributed by atoms with Crippen molar-refractivity contribution < 1.29 is 9.32 Å². The molecule has 2 aliphatic rings. The van der Waals surface area contributed by atoms with Gasteiger partial charge in [-0.25, -0.2) is 4.79 Å². The zero-order valence-corrected chi connectivity index (χ0v) is 14.1. The van der Waals surface area contributed by atoms with Crippen molar-refractivity contribution >= 4 is 17.5 Å². The summed E-state index contributed by atoms with van der Waals surface area (Å²) in [6, 6.07) is 8.82. The molecule has 6 nitrogen and oxygen atoms in total. The van der Waals surface area contributed by atoms with Crippen LogP contribution in [0, 0.1) is 13.8 Å². The van der Waals surface area contributed by atoms with Gasteiger partial charge in [0.1, 0.15) is 5.76 Å². The van der Waals surface area contributed by atoms with Crippen LogP contribution in [0.5, 0.6) is 0 Å². The molecule has 4 rings (SSSR count). The summed E-state index contributed by atoms with van der Waals surface area (Å²) in [5.74, 6) is 1.26. The molecule has 24 heavy (non-hydrogen) atoms. The Hall–Kier alpha value is -2.50. The lowest BCUT2D eigenvalue weighted by Crippen LogP contribution is -2.43. The van der Waals surface area contributed by atoms with E-state index in [2.05, 4.69) is 39.6 Å². The zero-order chi connectivity index (χ0) is 16.7. The molecule has 1 N–H and O–H groups in total. The molecular weight excluding hydrogens is 304 g/mol. The third kappa shape index (κ3) is 2.52. The molecule has 6 heteroatoms. The Morgan fingerprint density at radius 2 is 2.12 bits per heavy atom. The fourth-order valence-corrected chi connectivity index (χ4v) is 3.67. The van der Waals surface area contributed by atoms with Crippen LogP contribution >= 0.6 is 0 Å². The first-order valence-corrected chi connectivity index (χ1v) is 8.47. The van der Waals surface area contributed by atoms with Gasteiger partial charge in [0.05, 0.1) is 6.04 Å². The summed E-state index contributed by atoms with van der Waals surface area (Å²) in [6.07, 6.45) is 1.97. The van der Waals surface area contributed by atoms with Gasteiger partial charge in [-0.2, -0.15) is 0 Å². The van der Waals surface area contributed by atoms with E-state index in [1.165, 1.54) is 11.3 Å². The number of urea groups is 1. The third-order valence-electron chi connectivity index (χ3n) is 5.13. The molecule has 1 fully saturated rings. The lowest BCUT2D eigenvalue weighted by molar-refractivity contribution is 0.211. The number of para-hydroxylation sites is 1. The smallest absolute Gasteiger partial charge is 0.323 e. The number of amides is 2. The summed E-state index contributed by atoms with van der Waals surface area (Å²) in [5, 5.41) is 6.82. The number of rotatable bonds is 1. The van der Waals surface area contributed by atoms with E-state index in [9.17, 15) is 4.79 Å². The Bertz CT molecular complexity index is 770. The fraction of sp³-hybridized carbons (Fsp3) is 0.444. The summed E-state index contributed by atoms with van der Waals surface area (Å²) in [6.45, 7) is 6.23. The van der Waals surface area contributed by atoms with Crippen LogP contribution in [0.2, 0.25) is 0 Å². The summed E-state index contributed by atoms with van der Waals surface area (Å²) >= 11 is 0. The van der Waals surface area contributed by atoms with Gasteiger partial charge in [0.15, 0.2) is 5.82 Å². The molecule has 0 radical (unpaired) electrons. The van der Waals surface area contributed by atoms with E-state index < -0.39 is 0 Å². The molecule has 1 atom stereocenters. The number of aromatic nitrogens is 1. The van der Waals surface area contributed by atoms with Crippen molar-refractivity contribution in [3.05, 3.63) is 41.2 Å². The Kier molecular flexibility index (Phi) is 3.67. The second kappa shape index (κ2) is 5.85. The topological polar surface area (TPSA) is 61.6 Å². The minimum Gasteiger partial charge on any atom is -0.366 e. The van der Waals surface area contributed by atoms with Crippen molar-refractivity contribution in [1.82, 2.24) is 10.1 Å². The quantitative estimate of drug-likeness (QED) is 0.875. The molecular formula is C18H22N4O2. The van der Waals surface area contributed by atoms with Gasteiger partial charge < -0.3 is 14.3 Å². The van der Waals surface area contributed by atoms with E-state index in [1.807, 2.05) is 18.7 Å². The zero-order valence-electron chi connectivity index (χ0n) is 14.1. The van der Waals surface area contributed by atoms with Crippen LogP contribution in [0.4, 0.5) is 16.3 Å². The van der Waals surface area contributed by atoms with Crippen molar-refractivity contribution in [2.75, 3.05) is 29.9 Å². The van der Waals surface area contributed by atoms with Crippen LogP contribution in [0.3, 0.4) is 0 Å². The summed E-state index contributed by atoms with van der Waals surface area (Å²) < 4.78 is 5.13. The minimum atomic E-state index is -0.0933. The van der Waals surface area contributed by atoms with Crippen molar-refractivity contribution in [2.24, 2.45) is 0 Å². The molecule has 1 saturated heterocycles. The molecule has 0 bridgehead atoms. The Labute approximate surface area is 141 Å².